The lowest BCUT2D eigenvalue weighted by Gasteiger charge is -2.45. The van der Waals surface area contributed by atoms with Crippen molar-refractivity contribution in [3.8, 4) is 0 Å². The van der Waals surface area contributed by atoms with E-state index >= 15 is 4.39 Å². The Morgan fingerprint density at radius 3 is 0.889 bits per heavy atom. The first-order valence-corrected chi connectivity index (χ1v) is 7.94. The van der Waals surface area contributed by atoms with Crippen molar-refractivity contribution in [1.29, 1.82) is 0 Å². The maximum absolute atomic E-state index is 15.1. The van der Waals surface area contributed by atoms with Gasteiger partial charge in [-0.2, -0.15) is 0 Å². The highest BCUT2D eigenvalue weighted by Gasteiger charge is 2.59. The molecule has 0 aromatic carbocycles. The smallest absolute Gasteiger partial charge is 0.303 e. The standard InChI is InChI=1S/C16H21FO10/c1-6(18)23-12-11(17)13(24-7(2)19)15(26-9(4)21)16(27-10(5)22)14(12)25-8(3)20/h11-16H,1-5H3/t11?,12-,13-,14+,15+,16?/m1/s1. The number of carbonyl (C=O) groups excluding carboxylic acids is 5. The van der Waals surface area contributed by atoms with Gasteiger partial charge in [-0.1, -0.05) is 0 Å². The molecule has 0 radical (unpaired) electrons. The third-order valence-electron chi connectivity index (χ3n) is 3.43. The van der Waals surface area contributed by atoms with E-state index < -0.39 is 66.5 Å². The monoisotopic (exact) mass is 392 g/mol. The molecule has 0 amide bonds. The van der Waals surface area contributed by atoms with Crippen LogP contribution in [0.5, 0.6) is 0 Å². The second-order valence-corrected chi connectivity index (χ2v) is 5.81. The Kier molecular flexibility index (Phi) is 7.68. The van der Waals surface area contributed by atoms with Crippen LogP contribution in [0.3, 0.4) is 0 Å². The molecule has 0 heterocycles. The summed E-state index contributed by atoms with van der Waals surface area (Å²) in [6, 6.07) is 0. The zero-order chi connectivity index (χ0) is 20.9. The molecule has 0 aliphatic heterocycles. The fraction of sp³-hybridized carbons (Fsp3) is 0.688. The number of carbonyl (C=O) groups is 5. The molecule has 1 rings (SSSR count). The highest BCUT2D eigenvalue weighted by Crippen LogP contribution is 2.34. The summed E-state index contributed by atoms with van der Waals surface area (Å²) in [6.07, 6.45) is -10.6. The van der Waals surface area contributed by atoms with Crippen LogP contribution in [0.4, 0.5) is 4.39 Å². The molecule has 27 heavy (non-hydrogen) atoms. The summed E-state index contributed by atoms with van der Waals surface area (Å²) in [5.74, 6) is -4.51. The fourth-order valence-electron chi connectivity index (χ4n) is 2.73. The number of hydrogen-bond donors (Lipinski definition) is 0. The van der Waals surface area contributed by atoms with E-state index in [1.165, 1.54) is 0 Å². The Hall–Kier alpha value is -2.72. The number of esters is 5. The number of alkyl halides is 1. The highest BCUT2D eigenvalue weighted by atomic mass is 19.1. The molecular formula is C16H21FO10. The molecule has 0 saturated heterocycles. The largest absolute Gasteiger partial charge is 0.455 e. The minimum absolute atomic E-state index is 0.880. The molecule has 1 fully saturated rings. The van der Waals surface area contributed by atoms with Crippen LogP contribution >= 0.6 is 0 Å². The van der Waals surface area contributed by atoms with Gasteiger partial charge in [0, 0.05) is 34.6 Å². The van der Waals surface area contributed by atoms with E-state index in [0.29, 0.717) is 0 Å². The summed E-state index contributed by atoms with van der Waals surface area (Å²) in [5, 5.41) is 0. The van der Waals surface area contributed by atoms with Crippen molar-refractivity contribution in [1.82, 2.24) is 0 Å². The van der Waals surface area contributed by atoms with Gasteiger partial charge in [0.2, 0.25) is 0 Å². The van der Waals surface area contributed by atoms with E-state index in [1.54, 1.807) is 0 Å². The second kappa shape index (κ2) is 9.28. The molecule has 0 spiro atoms. The van der Waals surface area contributed by atoms with Crippen LogP contribution < -0.4 is 0 Å². The van der Waals surface area contributed by atoms with Gasteiger partial charge in [-0.15, -0.1) is 0 Å². The van der Waals surface area contributed by atoms with Crippen molar-refractivity contribution in [3.63, 3.8) is 0 Å². The summed E-state index contributed by atoms with van der Waals surface area (Å²) in [4.78, 5) is 57.2. The van der Waals surface area contributed by atoms with Crippen LogP contribution in [-0.2, 0) is 47.7 Å². The van der Waals surface area contributed by atoms with Gasteiger partial charge < -0.3 is 23.7 Å². The van der Waals surface area contributed by atoms with Crippen LogP contribution in [0.1, 0.15) is 34.6 Å². The van der Waals surface area contributed by atoms with E-state index in [1.807, 2.05) is 0 Å². The lowest BCUT2D eigenvalue weighted by atomic mass is 9.84. The van der Waals surface area contributed by atoms with Crippen molar-refractivity contribution in [3.05, 3.63) is 0 Å². The molecular weight excluding hydrogens is 371 g/mol. The van der Waals surface area contributed by atoms with Gasteiger partial charge in [-0.05, 0) is 0 Å². The Balaban J connectivity index is 3.46. The van der Waals surface area contributed by atoms with E-state index in [9.17, 15) is 24.0 Å². The van der Waals surface area contributed by atoms with Crippen molar-refractivity contribution < 1.29 is 52.0 Å². The summed E-state index contributed by atoms with van der Waals surface area (Å²) < 4.78 is 39.9. The Labute approximate surface area is 154 Å². The third kappa shape index (κ3) is 6.19. The number of halogens is 1. The molecule has 11 heteroatoms. The van der Waals surface area contributed by atoms with Crippen molar-refractivity contribution in [2.75, 3.05) is 0 Å². The molecule has 4 atom stereocenters. The SMILES string of the molecule is CC(=O)OC1[C@@H](OC(C)=O)[C@H](OC(C)=O)C(F)[C@@H](OC(C)=O)[C@@H]1OC(C)=O. The quantitative estimate of drug-likeness (QED) is 0.465. The lowest BCUT2D eigenvalue weighted by molar-refractivity contribution is -0.246. The van der Waals surface area contributed by atoms with Crippen molar-refractivity contribution >= 4 is 29.8 Å². The minimum Gasteiger partial charge on any atom is -0.455 e. The van der Waals surface area contributed by atoms with Crippen molar-refractivity contribution in [2.24, 2.45) is 0 Å². The molecule has 10 nitrogen and oxygen atoms in total. The van der Waals surface area contributed by atoms with Gasteiger partial charge >= 0.3 is 29.8 Å². The van der Waals surface area contributed by atoms with Crippen LogP contribution in [-0.4, -0.2) is 66.5 Å². The summed E-state index contributed by atoms with van der Waals surface area (Å²) >= 11 is 0. The second-order valence-electron chi connectivity index (χ2n) is 5.81. The van der Waals surface area contributed by atoms with Gasteiger partial charge in [0.05, 0.1) is 0 Å². The van der Waals surface area contributed by atoms with Gasteiger partial charge in [-0.25, -0.2) is 4.39 Å². The molecule has 0 unspecified atom stereocenters. The highest BCUT2D eigenvalue weighted by molar-refractivity contribution is 5.70. The third-order valence-corrected chi connectivity index (χ3v) is 3.43. The lowest BCUT2D eigenvalue weighted by Crippen LogP contribution is -2.67. The molecule has 152 valence electrons. The Bertz CT molecular complexity index is 574. The van der Waals surface area contributed by atoms with Crippen molar-refractivity contribution in [2.45, 2.75) is 71.3 Å². The number of hydrogen-bond acceptors (Lipinski definition) is 10. The summed E-state index contributed by atoms with van der Waals surface area (Å²) in [7, 11) is 0. The van der Waals surface area contributed by atoms with E-state index in [4.69, 9.17) is 23.7 Å². The number of ether oxygens (including phenoxy) is 5. The predicted octanol–water partition coefficient (Wildman–Crippen LogP) is -0.00340. The first-order valence-electron chi connectivity index (χ1n) is 7.94. The van der Waals surface area contributed by atoms with Gasteiger partial charge in [0.1, 0.15) is 0 Å². The molecule has 1 aliphatic rings. The van der Waals surface area contributed by atoms with Crippen LogP contribution in [0.2, 0.25) is 0 Å². The number of rotatable bonds is 5. The fourth-order valence-corrected chi connectivity index (χ4v) is 2.73. The molecule has 0 aromatic rings. The molecule has 0 bridgehead atoms. The Morgan fingerprint density at radius 1 is 0.481 bits per heavy atom. The van der Waals surface area contributed by atoms with E-state index in [2.05, 4.69) is 0 Å². The van der Waals surface area contributed by atoms with E-state index in [-0.39, 0.29) is 0 Å². The van der Waals surface area contributed by atoms with Crippen LogP contribution in [0.15, 0.2) is 0 Å². The van der Waals surface area contributed by atoms with Crippen LogP contribution in [0.25, 0.3) is 0 Å². The maximum atomic E-state index is 15.1. The average Bonchev–Trinajstić information content (AvgIpc) is 2.49. The average molecular weight is 392 g/mol. The first kappa shape index (κ1) is 22.3. The zero-order valence-electron chi connectivity index (χ0n) is 15.4. The maximum Gasteiger partial charge on any atom is 0.303 e. The molecule has 0 aromatic heterocycles. The molecule has 0 N–H and O–H groups in total. The predicted molar refractivity (Wildman–Crippen MR) is 82.7 cm³/mol. The first-order chi connectivity index (χ1) is 12.4. The Morgan fingerprint density at radius 2 is 0.667 bits per heavy atom. The molecule has 1 saturated carbocycles. The van der Waals surface area contributed by atoms with Gasteiger partial charge in [0.25, 0.3) is 0 Å². The minimum atomic E-state index is -2.24. The van der Waals surface area contributed by atoms with Gasteiger partial charge in [-0.3, -0.25) is 24.0 Å². The van der Waals surface area contributed by atoms with Gasteiger partial charge in [0.15, 0.2) is 36.7 Å². The molecule has 1 aliphatic carbocycles. The summed E-state index contributed by atoms with van der Waals surface area (Å²) in [6.45, 7) is 4.98. The zero-order valence-corrected chi connectivity index (χ0v) is 15.4. The summed E-state index contributed by atoms with van der Waals surface area (Å²) in [5.41, 5.74) is 0. The normalized spacial score (nSPS) is 29.9. The van der Waals surface area contributed by atoms with E-state index in [0.717, 1.165) is 34.6 Å². The van der Waals surface area contributed by atoms with Crippen LogP contribution in [0, 0.1) is 0 Å². The topological polar surface area (TPSA) is 132 Å².